The summed E-state index contributed by atoms with van der Waals surface area (Å²) < 4.78 is 5.33. The molecule has 1 amide bonds. The molecule has 2 aliphatic carbocycles. The SMILES string of the molecule is COc1cccc(CN2CC3[C@H](C2)[C@H]3NC(=O)C(O)(c2ccccc2)C2CCCC2)c1. The molecule has 2 aromatic carbocycles. The summed E-state index contributed by atoms with van der Waals surface area (Å²) in [5.41, 5.74) is 0.556. The van der Waals surface area contributed by atoms with E-state index in [-0.39, 0.29) is 17.9 Å². The van der Waals surface area contributed by atoms with Crippen LogP contribution in [-0.2, 0) is 16.9 Å². The normalized spacial score (nSPS) is 27.5. The molecule has 5 heteroatoms. The van der Waals surface area contributed by atoms with Gasteiger partial charge in [0.25, 0.3) is 5.91 Å². The van der Waals surface area contributed by atoms with Crippen molar-refractivity contribution in [3.05, 3.63) is 65.7 Å². The van der Waals surface area contributed by atoms with Crippen LogP contribution in [0.3, 0.4) is 0 Å². The maximum atomic E-state index is 13.4. The van der Waals surface area contributed by atoms with E-state index in [4.69, 9.17) is 4.74 Å². The molecule has 5 nitrogen and oxygen atoms in total. The van der Waals surface area contributed by atoms with Crippen LogP contribution in [0, 0.1) is 17.8 Å². The van der Waals surface area contributed by atoms with Gasteiger partial charge in [-0.3, -0.25) is 9.69 Å². The Balaban J connectivity index is 1.22. The van der Waals surface area contributed by atoms with E-state index in [1.807, 2.05) is 42.5 Å². The van der Waals surface area contributed by atoms with Crippen LogP contribution in [0.15, 0.2) is 54.6 Å². The number of carbonyl (C=O) groups is 1. The van der Waals surface area contributed by atoms with Gasteiger partial charge in [-0.05, 0) is 47.9 Å². The van der Waals surface area contributed by atoms with Crippen LogP contribution < -0.4 is 10.1 Å². The van der Waals surface area contributed by atoms with Gasteiger partial charge >= 0.3 is 0 Å². The third-order valence-corrected chi connectivity index (χ3v) is 7.61. The Labute approximate surface area is 184 Å². The van der Waals surface area contributed by atoms with Gasteiger partial charge in [-0.1, -0.05) is 55.3 Å². The first-order valence-corrected chi connectivity index (χ1v) is 11.5. The van der Waals surface area contributed by atoms with E-state index in [0.29, 0.717) is 11.8 Å². The first-order chi connectivity index (χ1) is 15.1. The molecule has 0 bridgehead atoms. The van der Waals surface area contributed by atoms with Crippen LogP contribution >= 0.6 is 0 Å². The fraction of sp³-hybridized carbons (Fsp3) is 0.500. The summed E-state index contributed by atoms with van der Waals surface area (Å²) in [5, 5.41) is 14.9. The monoisotopic (exact) mass is 420 g/mol. The summed E-state index contributed by atoms with van der Waals surface area (Å²) in [4.78, 5) is 15.8. The number of hydrogen-bond acceptors (Lipinski definition) is 4. The molecule has 1 aliphatic heterocycles. The molecular weight excluding hydrogens is 388 g/mol. The van der Waals surface area contributed by atoms with E-state index < -0.39 is 5.60 Å². The zero-order chi connectivity index (χ0) is 21.4. The number of rotatable bonds is 7. The molecule has 1 saturated heterocycles. The number of fused-ring (bicyclic) bond motifs is 1. The number of benzene rings is 2. The summed E-state index contributed by atoms with van der Waals surface area (Å²) in [6.45, 7) is 2.88. The zero-order valence-corrected chi connectivity index (χ0v) is 18.2. The van der Waals surface area contributed by atoms with Crippen molar-refractivity contribution >= 4 is 5.91 Å². The van der Waals surface area contributed by atoms with E-state index in [0.717, 1.165) is 56.6 Å². The number of likely N-dealkylation sites (tertiary alicyclic amines) is 1. The number of nitrogens with zero attached hydrogens (tertiary/aromatic N) is 1. The van der Waals surface area contributed by atoms with Crippen molar-refractivity contribution in [2.45, 2.75) is 43.9 Å². The van der Waals surface area contributed by atoms with Crippen molar-refractivity contribution in [3.8, 4) is 5.75 Å². The lowest BCUT2D eigenvalue weighted by molar-refractivity contribution is -0.147. The standard InChI is InChI=1S/C26H32N2O3/c1-31-21-13-7-8-18(14-21)15-28-16-22-23(17-28)24(22)27-25(29)26(30,20-11-5-6-12-20)19-9-3-2-4-10-19/h2-4,7-10,13-14,20,22-24,30H,5-6,11-12,15-17H2,1H3,(H,27,29)/t22-,23?,24+,26?/m0/s1. The molecule has 2 saturated carbocycles. The second kappa shape index (κ2) is 8.29. The van der Waals surface area contributed by atoms with Crippen LogP contribution in [-0.4, -0.2) is 42.2 Å². The van der Waals surface area contributed by atoms with E-state index >= 15 is 0 Å². The molecule has 3 aliphatic rings. The van der Waals surface area contributed by atoms with Gasteiger partial charge in [0.1, 0.15) is 5.75 Å². The molecule has 0 aromatic heterocycles. The van der Waals surface area contributed by atoms with E-state index in [2.05, 4.69) is 22.3 Å². The summed E-state index contributed by atoms with van der Waals surface area (Å²) in [6, 6.07) is 17.9. The smallest absolute Gasteiger partial charge is 0.257 e. The number of nitrogens with one attached hydrogen (secondary N) is 1. The lowest BCUT2D eigenvalue weighted by Gasteiger charge is -2.33. The highest BCUT2D eigenvalue weighted by Gasteiger charge is 2.58. The minimum Gasteiger partial charge on any atom is -0.497 e. The number of hydrogen-bond donors (Lipinski definition) is 2. The lowest BCUT2D eigenvalue weighted by atomic mass is 9.79. The fourth-order valence-electron chi connectivity index (χ4n) is 5.84. The molecule has 2 unspecified atom stereocenters. The van der Waals surface area contributed by atoms with Crippen LogP contribution in [0.5, 0.6) is 5.75 Å². The molecule has 5 rings (SSSR count). The highest BCUT2D eigenvalue weighted by molar-refractivity contribution is 5.87. The van der Waals surface area contributed by atoms with E-state index in [1.165, 1.54) is 5.56 Å². The Kier molecular flexibility index (Phi) is 5.49. The predicted molar refractivity (Wildman–Crippen MR) is 119 cm³/mol. The molecule has 3 fully saturated rings. The summed E-state index contributed by atoms with van der Waals surface area (Å²) in [6.07, 6.45) is 3.98. The third-order valence-electron chi connectivity index (χ3n) is 7.61. The largest absolute Gasteiger partial charge is 0.497 e. The molecule has 1 heterocycles. The number of amides is 1. The van der Waals surface area contributed by atoms with Crippen LogP contribution in [0.2, 0.25) is 0 Å². The van der Waals surface area contributed by atoms with Gasteiger partial charge in [-0.2, -0.15) is 0 Å². The lowest BCUT2D eigenvalue weighted by Crippen LogP contribution is -2.50. The van der Waals surface area contributed by atoms with E-state index in [1.54, 1.807) is 7.11 Å². The van der Waals surface area contributed by atoms with E-state index in [9.17, 15) is 9.90 Å². The van der Waals surface area contributed by atoms with Gasteiger partial charge in [0.15, 0.2) is 5.60 Å². The van der Waals surface area contributed by atoms with Crippen molar-refractivity contribution in [1.82, 2.24) is 10.2 Å². The van der Waals surface area contributed by atoms with Crippen molar-refractivity contribution in [2.24, 2.45) is 17.8 Å². The first kappa shape index (κ1) is 20.5. The number of ether oxygens (including phenoxy) is 1. The molecular formula is C26H32N2O3. The molecule has 0 radical (unpaired) electrons. The Hall–Kier alpha value is -2.37. The van der Waals surface area contributed by atoms with Gasteiger partial charge in [0.05, 0.1) is 7.11 Å². The number of aliphatic hydroxyl groups is 1. The highest BCUT2D eigenvalue weighted by atomic mass is 16.5. The highest BCUT2D eigenvalue weighted by Crippen LogP contribution is 2.47. The first-order valence-electron chi connectivity index (χ1n) is 11.5. The summed E-state index contributed by atoms with van der Waals surface area (Å²) >= 11 is 0. The Morgan fingerprint density at radius 2 is 1.81 bits per heavy atom. The number of piperidine rings is 1. The average molecular weight is 421 g/mol. The molecule has 31 heavy (non-hydrogen) atoms. The molecule has 0 spiro atoms. The summed E-state index contributed by atoms with van der Waals surface area (Å²) in [5.74, 6) is 1.65. The molecule has 2 aromatic rings. The zero-order valence-electron chi connectivity index (χ0n) is 18.2. The molecule has 4 atom stereocenters. The van der Waals surface area contributed by atoms with Gasteiger partial charge in [-0.25, -0.2) is 0 Å². The number of methoxy groups -OCH3 is 1. The molecule has 164 valence electrons. The Morgan fingerprint density at radius 3 is 2.48 bits per heavy atom. The van der Waals surface area contributed by atoms with Gasteiger partial charge in [-0.15, -0.1) is 0 Å². The third kappa shape index (κ3) is 3.85. The van der Waals surface area contributed by atoms with Gasteiger partial charge in [0, 0.05) is 31.6 Å². The summed E-state index contributed by atoms with van der Waals surface area (Å²) in [7, 11) is 1.69. The van der Waals surface area contributed by atoms with Crippen molar-refractivity contribution in [2.75, 3.05) is 20.2 Å². The van der Waals surface area contributed by atoms with Crippen LogP contribution in [0.4, 0.5) is 0 Å². The molecule has 2 N–H and O–H groups in total. The van der Waals surface area contributed by atoms with Crippen molar-refractivity contribution in [1.29, 1.82) is 0 Å². The maximum Gasteiger partial charge on any atom is 0.257 e. The Bertz CT molecular complexity index is 915. The van der Waals surface area contributed by atoms with Gasteiger partial charge < -0.3 is 15.2 Å². The fourth-order valence-corrected chi connectivity index (χ4v) is 5.84. The minimum absolute atomic E-state index is 0.00181. The Morgan fingerprint density at radius 1 is 1.10 bits per heavy atom. The second-order valence-electron chi connectivity index (χ2n) is 9.49. The van der Waals surface area contributed by atoms with Crippen molar-refractivity contribution < 1.29 is 14.6 Å². The van der Waals surface area contributed by atoms with Crippen LogP contribution in [0.1, 0.15) is 36.8 Å². The van der Waals surface area contributed by atoms with Crippen molar-refractivity contribution in [3.63, 3.8) is 0 Å². The predicted octanol–water partition coefficient (Wildman–Crippen LogP) is 3.32. The average Bonchev–Trinajstić information content (AvgIpc) is 3.21. The number of carbonyl (C=O) groups excluding carboxylic acids is 1. The maximum absolute atomic E-state index is 13.4. The van der Waals surface area contributed by atoms with Gasteiger partial charge in [0.2, 0.25) is 0 Å². The topological polar surface area (TPSA) is 61.8 Å². The minimum atomic E-state index is -1.42. The quantitative estimate of drug-likeness (QED) is 0.721. The van der Waals surface area contributed by atoms with Crippen LogP contribution in [0.25, 0.3) is 0 Å². The second-order valence-corrected chi connectivity index (χ2v) is 9.49.